The number of H-pyrrole nitrogens is 1. The molecule has 1 amide bonds. The molecule has 1 atom stereocenters. The molecule has 1 heterocycles. The van der Waals surface area contributed by atoms with Crippen molar-refractivity contribution in [2.24, 2.45) is 0 Å². The minimum absolute atomic E-state index is 0.152. The Morgan fingerprint density at radius 3 is 2.68 bits per heavy atom. The third-order valence-corrected chi connectivity index (χ3v) is 4.97. The van der Waals surface area contributed by atoms with E-state index in [9.17, 15) is 9.90 Å². The van der Waals surface area contributed by atoms with E-state index in [1.165, 1.54) is 6.42 Å². The lowest BCUT2D eigenvalue weighted by atomic mass is 10.0. The second kappa shape index (κ2) is 7.70. The van der Waals surface area contributed by atoms with Gasteiger partial charge in [-0.15, -0.1) is 0 Å². The number of methoxy groups -OCH3 is 1. The van der Waals surface area contributed by atoms with Gasteiger partial charge in [0.15, 0.2) is 5.69 Å². The minimum atomic E-state index is -0.420. The lowest BCUT2D eigenvalue weighted by Gasteiger charge is -2.27. The number of aryl methyl sites for hydroxylation is 1. The number of nitrogens with one attached hydrogen (secondary N) is 1. The van der Waals surface area contributed by atoms with Crippen molar-refractivity contribution in [2.75, 3.05) is 20.8 Å². The third kappa shape index (κ3) is 3.54. The molecule has 0 radical (unpaired) electrons. The van der Waals surface area contributed by atoms with E-state index in [2.05, 4.69) is 10.2 Å². The number of hydrogen-bond acceptors (Lipinski definition) is 4. The van der Waals surface area contributed by atoms with E-state index in [1.807, 2.05) is 24.3 Å². The summed E-state index contributed by atoms with van der Waals surface area (Å²) in [4.78, 5) is 14.6. The van der Waals surface area contributed by atoms with Gasteiger partial charge in [-0.2, -0.15) is 5.10 Å². The molecule has 25 heavy (non-hydrogen) atoms. The number of amides is 1. The number of aromatic amines is 1. The van der Waals surface area contributed by atoms with Gasteiger partial charge < -0.3 is 14.7 Å². The highest BCUT2D eigenvalue weighted by molar-refractivity contribution is 5.94. The summed E-state index contributed by atoms with van der Waals surface area (Å²) >= 11 is 0. The fraction of sp³-hybridized carbons (Fsp3) is 0.474. The van der Waals surface area contributed by atoms with Gasteiger partial charge in [0.1, 0.15) is 5.75 Å². The molecule has 0 bridgehead atoms. The molecule has 6 heteroatoms. The predicted octanol–water partition coefficient (Wildman–Crippen LogP) is 2.49. The van der Waals surface area contributed by atoms with Crippen molar-refractivity contribution in [3.05, 3.63) is 46.8 Å². The van der Waals surface area contributed by atoms with Crippen molar-refractivity contribution < 1.29 is 14.6 Å². The SMILES string of the molecule is COc1ccc([C@H](CO)N(C)C(=O)c2n[nH]c3c2CCCCC3)cc1. The summed E-state index contributed by atoms with van der Waals surface area (Å²) in [6, 6.07) is 6.98. The van der Waals surface area contributed by atoms with Gasteiger partial charge in [-0.1, -0.05) is 18.6 Å². The monoisotopic (exact) mass is 343 g/mol. The van der Waals surface area contributed by atoms with Crippen LogP contribution in [0.4, 0.5) is 0 Å². The average Bonchev–Trinajstić information content (AvgIpc) is 2.90. The molecule has 2 N–H and O–H groups in total. The maximum Gasteiger partial charge on any atom is 0.274 e. The summed E-state index contributed by atoms with van der Waals surface area (Å²) in [6.07, 6.45) is 5.22. The summed E-state index contributed by atoms with van der Waals surface area (Å²) in [6.45, 7) is -0.152. The van der Waals surface area contributed by atoms with Gasteiger partial charge in [-0.3, -0.25) is 9.89 Å². The number of hydrogen-bond donors (Lipinski definition) is 2. The smallest absolute Gasteiger partial charge is 0.274 e. The molecule has 1 aliphatic carbocycles. The van der Waals surface area contributed by atoms with Gasteiger partial charge in [0.2, 0.25) is 0 Å². The molecule has 0 spiro atoms. The second-order valence-corrected chi connectivity index (χ2v) is 6.48. The molecular weight excluding hydrogens is 318 g/mol. The Balaban J connectivity index is 1.84. The van der Waals surface area contributed by atoms with E-state index >= 15 is 0 Å². The lowest BCUT2D eigenvalue weighted by Crippen LogP contribution is -2.34. The Hall–Kier alpha value is -2.34. The van der Waals surface area contributed by atoms with E-state index in [0.29, 0.717) is 5.69 Å². The topological polar surface area (TPSA) is 78.5 Å². The fourth-order valence-electron chi connectivity index (χ4n) is 3.42. The van der Waals surface area contributed by atoms with Crippen LogP contribution in [0.1, 0.15) is 52.6 Å². The van der Waals surface area contributed by atoms with Gasteiger partial charge in [0.05, 0.1) is 19.8 Å². The number of benzene rings is 1. The Morgan fingerprint density at radius 2 is 2.00 bits per heavy atom. The zero-order valence-electron chi connectivity index (χ0n) is 14.8. The highest BCUT2D eigenvalue weighted by Gasteiger charge is 2.27. The van der Waals surface area contributed by atoms with Crippen molar-refractivity contribution in [2.45, 2.75) is 38.1 Å². The summed E-state index contributed by atoms with van der Waals surface area (Å²) in [5, 5.41) is 17.2. The molecule has 3 rings (SSSR count). The van der Waals surface area contributed by atoms with Crippen LogP contribution in [0.15, 0.2) is 24.3 Å². The molecule has 0 saturated carbocycles. The summed E-state index contributed by atoms with van der Waals surface area (Å²) < 4.78 is 5.17. The normalized spacial score (nSPS) is 15.2. The van der Waals surface area contributed by atoms with E-state index in [-0.39, 0.29) is 12.5 Å². The third-order valence-electron chi connectivity index (χ3n) is 4.97. The number of likely N-dealkylation sites (N-methyl/N-ethyl adjacent to an activating group) is 1. The number of carbonyl (C=O) groups is 1. The van der Waals surface area contributed by atoms with Crippen LogP contribution in [0, 0.1) is 0 Å². The average molecular weight is 343 g/mol. The highest BCUT2D eigenvalue weighted by Crippen LogP contribution is 2.26. The van der Waals surface area contributed by atoms with Crippen LogP contribution in [0.5, 0.6) is 5.75 Å². The van der Waals surface area contributed by atoms with Gasteiger partial charge in [-0.25, -0.2) is 0 Å². The van der Waals surface area contributed by atoms with Crippen LogP contribution in [0.2, 0.25) is 0 Å². The fourth-order valence-corrected chi connectivity index (χ4v) is 3.42. The van der Waals surface area contributed by atoms with Gasteiger partial charge in [-0.05, 0) is 43.4 Å². The first-order chi connectivity index (χ1) is 12.2. The van der Waals surface area contributed by atoms with Crippen LogP contribution in [0.3, 0.4) is 0 Å². The number of rotatable bonds is 5. The highest BCUT2D eigenvalue weighted by atomic mass is 16.5. The van der Waals surface area contributed by atoms with Crippen molar-refractivity contribution in [1.29, 1.82) is 0 Å². The largest absolute Gasteiger partial charge is 0.497 e. The molecule has 2 aromatic rings. The molecule has 1 aliphatic rings. The Bertz CT molecular complexity index is 724. The molecule has 1 aromatic heterocycles. The minimum Gasteiger partial charge on any atom is -0.497 e. The Kier molecular flexibility index (Phi) is 5.38. The number of fused-ring (bicyclic) bond motifs is 1. The number of aliphatic hydroxyl groups is 1. The van der Waals surface area contributed by atoms with Crippen LogP contribution in [-0.2, 0) is 12.8 Å². The van der Waals surface area contributed by atoms with E-state index in [0.717, 1.165) is 48.3 Å². The van der Waals surface area contributed by atoms with Crippen LogP contribution >= 0.6 is 0 Å². The zero-order valence-corrected chi connectivity index (χ0v) is 14.8. The quantitative estimate of drug-likeness (QED) is 0.818. The first-order valence-electron chi connectivity index (χ1n) is 8.73. The van der Waals surface area contributed by atoms with E-state index in [4.69, 9.17) is 4.74 Å². The maximum atomic E-state index is 13.0. The summed E-state index contributed by atoms with van der Waals surface area (Å²) in [5.41, 5.74) is 3.48. The molecule has 0 fully saturated rings. The number of aliphatic hydroxyl groups excluding tert-OH is 1. The van der Waals surface area contributed by atoms with E-state index < -0.39 is 6.04 Å². The number of carbonyl (C=O) groups excluding carboxylic acids is 1. The summed E-state index contributed by atoms with van der Waals surface area (Å²) in [5.74, 6) is 0.585. The standard InChI is InChI=1S/C19H25N3O3/c1-22(17(12-23)13-8-10-14(25-2)11-9-13)19(24)18-15-6-4-3-5-7-16(15)20-21-18/h8-11,17,23H,3-7,12H2,1-2H3,(H,20,21)/t17-/m0/s1. The van der Waals surface area contributed by atoms with E-state index in [1.54, 1.807) is 19.1 Å². The first kappa shape index (κ1) is 17.5. The Labute approximate surface area is 147 Å². The number of ether oxygens (including phenoxy) is 1. The molecule has 0 saturated heterocycles. The van der Waals surface area contributed by atoms with Crippen LogP contribution in [-0.4, -0.2) is 46.9 Å². The van der Waals surface area contributed by atoms with Crippen molar-refractivity contribution in [3.8, 4) is 5.75 Å². The van der Waals surface area contributed by atoms with Crippen molar-refractivity contribution in [1.82, 2.24) is 15.1 Å². The van der Waals surface area contributed by atoms with Crippen LogP contribution in [0.25, 0.3) is 0 Å². The second-order valence-electron chi connectivity index (χ2n) is 6.48. The molecule has 134 valence electrons. The maximum absolute atomic E-state index is 13.0. The summed E-state index contributed by atoms with van der Waals surface area (Å²) in [7, 11) is 3.32. The predicted molar refractivity (Wildman–Crippen MR) is 94.8 cm³/mol. The van der Waals surface area contributed by atoms with Crippen molar-refractivity contribution >= 4 is 5.91 Å². The van der Waals surface area contributed by atoms with Gasteiger partial charge in [0, 0.05) is 18.3 Å². The molecule has 0 aliphatic heterocycles. The van der Waals surface area contributed by atoms with Crippen molar-refractivity contribution in [3.63, 3.8) is 0 Å². The number of aromatic nitrogens is 2. The lowest BCUT2D eigenvalue weighted by molar-refractivity contribution is 0.0651. The first-order valence-corrected chi connectivity index (χ1v) is 8.73. The molecule has 1 aromatic carbocycles. The van der Waals surface area contributed by atoms with Gasteiger partial charge >= 0.3 is 0 Å². The molecule has 6 nitrogen and oxygen atoms in total. The molecular formula is C19H25N3O3. The molecule has 0 unspecified atom stereocenters. The van der Waals surface area contributed by atoms with Gasteiger partial charge in [0.25, 0.3) is 5.91 Å². The number of nitrogens with zero attached hydrogens (tertiary/aromatic N) is 2. The zero-order chi connectivity index (χ0) is 17.8. The van der Waals surface area contributed by atoms with Crippen LogP contribution < -0.4 is 4.74 Å². The Morgan fingerprint density at radius 1 is 1.28 bits per heavy atom.